The smallest absolute Gasteiger partial charge is 0.100 e. The van der Waals surface area contributed by atoms with Gasteiger partial charge in [-0.3, -0.25) is 0 Å². The van der Waals surface area contributed by atoms with Gasteiger partial charge in [-0.1, -0.05) is 59.4 Å². The first-order chi connectivity index (χ1) is 23.7. The number of allylic oxidation sites excluding steroid dienone is 14. The number of hydrogen-bond donors (Lipinski definition) is 4. The lowest BCUT2D eigenvalue weighted by Crippen LogP contribution is -2.24. The summed E-state index contributed by atoms with van der Waals surface area (Å²) >= 11 is 0. The van der Waals surface area contributed by atoms with E-state index in [2.05, 4.69) is 121 Å². The SMILES string of the molecule is C=CC1=C(\C)C(=C)/C=C2\N/C(=C3\C(=C)/C(=C(C)\C(C)=C\c4[nH]c(c(C)c4CC)\C=C\1C)C(=C)C3C(=C)OC)C(CCC(=C)NCCNC)C2C. The maximum Gasteiger partial charge on any atom is 0.100 e. The van der Waals surface area contributed by atoms with Crippen molar-refractivity contribution in [3.63, 3.8) is 0 Å². The third kappa shape index (κ3) is 7.34. The zero-order valence-corrected chi connectivity index (χ0v) is 32.2. The molecule has 3 atom stereocenters. The molecule has 0 radical (unpaired) electrons. The fourth-order valence-electron chi connectivity index (χ4n) is 7.82. The van der Waals surface area contributed by atoms with Gasteiger partial charge in [0.2, 0.25) is 0 Å². The molecular formula is C45H60N4O. The molecule has 50 heavy (non-hydrogen) atoms. The fourth-order valence-corrected chi connectivity index (χ4v) is 7.82. The van der Waals surface area contributed by atoms with Gasteiger partial charge in [0.25, 0.3) is 0 Å². The standard InChI is InChI=1S/C45H60N4O/c1-16-36-27(5)24-39-31(9)37(17-2)41(48-39)23-26(4)30(8)42-33(11)43(35(13)50-15)44(34(42)12)45-38(19-18-28(6)47-21-20-46-14)32(10)40(49-45)22-25(3)29(36)7/h16,22-24,32,38,43,46-49H,1,3,6,11-13,17-21H2,2,4-5,7-10,14-15H3/b26-23+,27-24+,36-29-,40-22-,42-30-,45-44+. The Morgan fingerprint density at radius 3 is 2.26 bits per heavy atom. The van der Waals surface area contributed by atoms with Crippen molar-refractivity contribution in [3.8, 4) is 0 Å². The van der Waals surface area contributed by atoms with Crippen molar-refractivity contribution in [1.29, 1.82) is 0 Å². The molecule has 3 aliphatic rings. The number of fused-ring (bicyclic) bond motifs is 6. The third-order valence-electron chi connectivity index (χ3n) is 11.0. The van der Waals surface area contributed by atoms with Crippen LogP contribution in [-0.4, -0.2) is 32.2 Å². The van der Waals surface area contributed by atoms with E-state index >= 15 is 0 Å². The van der Waals surface area contributed by atoms with E-state index in [1.807, 2.05) is 13.1 Å². The Morgan fingerprint density at radius 2 is 1.64 bits per heavy atom. The van der Waals surface area contributed by atoms with E-state index in [9.17, 15) is 0 Å². The Hall–Kier alpha value is -4.48. The van der Waals surface area contributed by atoms with Gasteiger partial charge in [0, 0.05) is 53.4 Å². The summed E-state index contributed by atoms with van der Waals surface area (Å²) in [5.74, 6) is 0.809. The minimum atomic E-state index is -0.226. The summed E-state index contributed by atoms with van der Waals surface area (Å²) in [6, 6.07) is 0. The maximum absolute atomic E-state index is 5.89. The lowest BCUT2D eigenvalue weighted by molar-refractivity contribution is 0.267. The van der Waals surface area contributed by atoms with E-state index in [4.69, 9.17) is 11.3 Å². The number of likely N-dealkylation sites (N-methyl/N-ethyl adjacent to an activating group) is 1. The highest BCUT2D eigenvalue weighted by molar-refractivity contribution is 5.74. The predicted octanol–water partition coefficient (Wildman–Crippen LogP) is 10.1. The predicted molar refractivity (Wildman–Crippen MR) is 216 cm³/mol. The van der Waals surface area contributed by atoms with Crippen molar-refractivity contribution in [2.24, 2.45) is 17.8 Å². The van der Waals surface area contributed by atoms with E-state index in [-0.39, 0.29) is 17.8 Å². The van der Waals surface area contributed by atoms with Crippen LogP contribution in [0.4, 0.5) is 0 Å². The van der Waals surface area contributed by atoms with Crippen LogP contribution in [0, 0.1) is 24.7 Å². The molecule has 1 saturated heterocycles. The highest BCUT2D eigenvalue weighted by atomic mass is 16.5. The van der Waals surface area contributed by atoms with Gasteiger partial charge in [-0.25, -0.2) is 0 Å². The van der Waals surface area contributed by atoms with Crippen molar-refractivity contribution in [2.45, 2.75) is 67.7 Å². The second-order valence-corrected chi connectivity index (χ2v) is 14.1. The molecular weight excluding hydrogens is 613 g/mol. The van der Waals surface area contributed by atoms with Gasteiger partial charge < -0.3 is 25.7 Å². The number of hydrogen-bond acceptors (Lipinski definition) is 4. The summed E-state index contributed by atoms with van der Waals surface area (Å²) in [7, 11) is 3.66. The molecule has 1 aromatic heterocycles. The van der Waals surface area contributed by atoms with E-state index in [0.29, 0.717) is 5.76 Å². The molecule has 2 aliphatic heterocycles. The summed E-state index contributed by atoms with van der Waals surface area (Å²) < 4.78 is 5.89. The maximum atomic E-state index is 5.89. The van der Waals surface area contributed by atoms with Gasteiger partial charge in [-0.15, -0.1) is 0 Å². The first-order valence-corrected chi connectivity index (χ1v) is 17.9. The average Bonchev–Trinajstić information content (AvgIpc) is 3.64. The first kappa shape index (κ1) is 38.3. The number of H-pyrrole nitrogens is 1. The molecule has 3 unspecified atom stereocenters. The molecule has 1 aromatic rings. The largest absolute Gasteiger partial charge is 0.501 e. The summed E-state index contributed by atoms with van der Waals surface area (Å²) in [5, 5.41) is 10.6. The molecule has 5 heteroatoms. The van der Waals surface area contributed by atoms with Crippen molar-refractivity contribution < 1.29 is 4.74 Å². The van der Waals surface area contributed by atoms with Crippen LogP contribution >= 0.6 is 0 Å². The molecule has 4 rings (SSSR count). The Bertz CT molecular complexity index is 1820. The monoisotopic (exact) mass is 672 g/mol. The molecule has 0 aromatic carbocycles. The minimum Gasteiger partial charge on any atom is -0.501 e. The van der Waals surface area contributed by atoms with Gasteiger partial charge in [0.1, 0.15) is 5.76 Å². The van der Waals surface area contributed by atoms with Crippen molar-refractivity contribution in [1.82, 2.24) is 20.9 Å². The van der Waals surface area contributed by atoms with Crippen molar-refractivity contribution >= 4 is 12.2 Å². The molecule has 1 saturated carbocycles. The van der Waals surface area contributed by atoms with Crippen LogP contribution in [-0.2, 0) is 11.2 Å². The zero-order valence-electron chi connectivity index (χ0n) is 32.2. The Labute approximate surface area is 302 Å². The van der Waals surface area contributed by atoms with Crippen LogP contribution in [0.15, 0.2) is 130 Å². The molecule has 0 amide bonds. The van der Waals surface area contributed by atoms with Gasteiger partial charge in [0.15, 0.2) is 0 Å². The van der Waals surface area contributed by atoms with Gasteiger partial charge >= 0.3 is 0 Å². The number of aromatic amines is 1. The summed E-state index contributed by atoms with van der Waals surface area (Å²) in [6.07, 6.45) is 11.4. The van der Waals surface area contributed by atoms with Gasteiger partial charge in [-0.2, -0.15) is 0 Å². The van der Waals surface area contributed by atoms with Crippen molar-refractivity contribution in [3.05, 3.63) is 153 Å². The molecule has 1 aliphatic carbocycles. The van der Waals surface area contributed by atoms with Crippen LogP contribution in [0.2, 0.25) is 0 Å². The highest BCUT2D eigenvalue weighted by Crippen LogP contribution is 2.53. The molecule has 266 valence electrons. The van der Waals surface area contributed by atoms with Crippen LogP contribution in [0.25, 0.3) is 12.2 Å². The number of nitrogens with one attached hydrogen (secondary N) is 4. The lowest BCUT2D eigenvalue weighted by Gasteiger charge is -2.22. The van der Waals surface area contributed by atoms with Gasteiger partial charge in [0.05, 0.1) is 13.0 Å². The topological polar surface area (TPSA) is 61.1 Å². The molecule has 6 bridgehead atoms. The van der Waals surface area contributed by atoms with Crippen LogP contribution < -0.4 is 16.0 Å². The molecule has 4 N–H and O–H groups in total. The fraction of sp³-hybridized carbons (Fsp3) is 0.378. The highest BCUT2D eigenvalue weighted by Gasteiger charge is 2.43. The first-order valence-electron chi connectivity index (χ1n) is 17.9. The lowest BCUT2D eigenvalue weighted by atomic mass is 9.83. The van der Waals surface area contributed by atoms with E-state index in [1.54, 1.807) is 7.11 Å². The molecule has 3 heterocycles. The number of methoxy groups -OCH3 is 1. The zero-order chi connectivity index (χ0) is 37.0. The quantitative estimate of drug-likeness (QED) is 0.140. The third-order valence-corrected chi connectivity index (χ3v) is 11.0. The minimum absolute atomic E-state index is 0.180. The molecule has 5 nitrogen and oxygen atoms in total. The second kappa shape index (κ2) is 16.0. The Balaban J connectivity index is 2.04. The van der Waals surface area contributed by atoms with Crippen LogP contribution in [0.3, 0.4) is 0 Å². The summed E-state index contributed by atoms with van der Waals surface area (Å²) in [5.41, 5.74) is 18.8. The van der Waals surface area contributed by atoms with E-state index in [0.717, 1.165) is 117 Å². The van der Waals surface area contributed by atoms with Gasteiger partial charge in [-0.05, 0) is 146 Å². The van der Waals surface area contributed by atoms with Crippen molar-refractivity contribution in [2.75, 3.05) is 27.2 Å². The second-order valence-electron chi connectivity index (χ2n) is 14.1. The molecule has 0 spiro atoms. The average molecular weight is 673 g/mol. The van der Waals surface area contributed by atoms with Crippen LogP contribution in [0.5, 0.6) is 0 Å². The molecule has 2 fully saturated rings. The van der Waals surface area contributed by atoms with E-state index < -0.39 is 0 Å². The number of aromatic nitrogens is 1. The normalized spacial score (nSPS) is 28.9. The summed E-state index contributed by atoms with van der Waals surface area (Å²) in [6.45, 7) is 44.1. The Morgan fingerprint density at radius 1 is 0.960 bits per heavy atom. The van der Waals surface area contributed by atoms with E-state index in [1.165, 1.54) is 11.1 Å². The number of ether oxygens (including phenoxy) is 1. The van der Waals surface area contributed by atoms with Crippen LogP contribution in [0.1, 0.15) is 76.9 Å². The number of rotatable bonds is 11. The summed E-state index contributed by atoms with van der Waals surface area (Å²) in [4.78, 5) is 3.75. The Kier molecular flexibility index (Phi) is 12.3.